The van der Waals surface area contributed by atoms with Gasteiger partial charge in [-0.1, -0.05) is 141 Å². The maximum absolute atomic E-state index is 10.5. The average Bonchev–Trinajstić information content (AvgIpc) is 1.65. The molecule has 2 aliphatic heterocycles. The van der Waals surface area contributed by atoms with Crippen molar-refractivity contribution < 1.29 is 231 Å². The number of allylic oxidation sites excluding steroid dienone is 2. The number of aryl methyl sites for hydroxylation is 5. The number of nitrogens with zero attached hydrogens (tertiary/aromatic N) is 6. The first-order valence-electron chi connectivity index (χ1n) is 40.0. The fourth-order valence-electron chi connectivity index (χ4n) is 9.58. The topological polar surface area (TPSA) is 204 Å². The van der Waals surface area contributed by atoms with Crippen LogP contribution in [0.5, 0.6) is 29.3 Å². The van der Waals surface area contributed by atoms with Crippen LogP contribution in [-0.4, -0.2) is 124 Å². The van der Waals surface area contributed by atoms with Crippen molar-refractivity contribution in [2.24, 2.45) is 0 Å². The van der Waals surface area contributed by atoms with Gasteiger partial charge in [0.15, 0.2) is 0 Å². The van der Waals surface area contributed by atoms with E-state index in [1.54, 1.807) is 77.5 Å². The number of aromatic hydroxyl groups is 1. The minimum Gasteiger partial charge on any atom is -0.506 e. The van der Waals surface area contributed by atoms with Crippen LogP contribution in [0.3, 0.4) is 0 Å². The molecule has 7 aromatic rings. The number of hydrogen-bond donors (Lipinski definition) is 2. The van der Waals surface area contributed by atoms with Crippen molar-refractivity contribution in [3.05, 3.63) is 193 Å². The molecule has 0 amide bonds. The van der Waals surface area contributed by atoms with E-state index in [-0.39, 0.29) is 372 Å². The Morgan fingerprint density at radius 2 is 0.828 bits per heavy atom. The van der Waals surface area contributed by atoms with Gasteiger partial charge in [0.1, 0.15) is 5.75 Å². The minimum atomic E-state index is -1.90. The van der Waals surface area contributed by atoms with Crippen molar-refractivity contribution in [2.75, 3.05) is 28.4 Å². The Hall–Kier alpha value is 3.53. The smallest absolute Gasteiger partial charge is 0.496 e. The van der Waals surface area contributed by atoms with Crippen molar-refractivity contribution in [3.8, 4) is 29.3 Å². The molecular formula is C91H161Ar5B2BrI5N7O10Sn. The normalized spacial score (nSPS) is 12.0. The van der Waals surface area contributed by atoms with Crippen molar-refractivity contribution in [3.63, 3.8) is 0 Å². The summed E-state index contributed by atoms with van der Waals surface area (Å²) in [5.74, 6) is 2.56. The largest absolute Gasteiger partial charge is 0.506 e. The number of pyridine rings is 7. The van der Waals surface area contributed by atoms with Gasteiger partial charge >= 0.3 is 136 Å². The van der Waals surface area contributed by atoms with E-state index in [0.29, 0.717) is 31.2 Å². The molecule has 712 valence electrons. The van der Waals surface area contributed by atoms with Crippen molar-refractivity contribution >= 4 is 181 Å². The van der Waals surface area contributed by atoms with Crippen LogP contribution in [0.1, 0.15) is 279 Å². The van der Waals surface area contributed by atoms with Crippen LogP contribution in [0.15, 0.2) is 154 Å². The first-order chi connectivity index (χ1) is 52.1. The number of aromatic nitrogens is 7. The van der Waals surface area contributed by atoms with Crippen LogP contribution < -0.4 is 30.0 Å². The predicted molar refractivity (Wildman–Crippen MR) is 566 cm³/mol. The van der Waals surface area contributed by atoms with E-state index in [9.17, 15) is 4.79 Å². The SMILES string of the molecule is C.C.C.CC.CC.CC1(C)OBOC1(C)C.CCC/C=C/c1ccc(CC)cn1.CCCC=[CH][Sn]([CH2]CCC)([CH2]CCC)[CH2]CCC.CCCc1ccc(CC)cn1.CCc1ccc(=O)[nH]c1.CCc1ccc(OC)nc1.COc1ccc(B2OC(C)(C)C(C)(C)O2)cn1.COc1ccc(Br)cn1.COc1ccc(O)cn1.I.I.I.I.I.[Ar].[Ar].[Ar].[Ar].[Ar]. The number of methoxy groups -OCH3 is 4. The summed E-state index contributed by atoms with van der Waals surface area (Å²) in [6.45, 7) is 46.4. The number of aromatic amines is 1. The van der Waals surface area contributed by atoms with E-state index in [1.165, 1.54) is 106 Å². The van der Waals surface area contributed by atoms with Gasteiger partial charge in [0, 0.05) is 266 Å². The Labute approximate surface area is 993 Å². The van der Waals surface area contributed by atoms with Crippen LogP contribution >= 0.6 is 136 Å². The quantitative estimate of drug-likeness (QED) is 0.0382. The molecule has 0 aliphatic carbocycles. The summed E-state index contributed by atoms with van der Waals surface area (Å²) in [6.07, 6.45) is 39.1. The Kier molecular flexibility index (Phi) is 129. The number of rotatable bonds is 26. The van der Waals surface area contributed by atoms with Crippen LogP contribution in [-0.2, 0) is 50.7 Å². The second-order valence-electron chi connectivity index (χ2n) is 27.5. The third kappa shape index (κ3) is 73.8. The standard InChI is InChI=1S/C12H18BNO3.C12H17N.C10H15N.C8H11NO.C7H9NO.C6H13BO2.C6H6BrNO.C6H7NO2.C5H9.3C4H9.2C2H6.3CH4.5Ar.5HI.Sn/c1-11(2)12(3,4)17-13(16-11)9-6-7-10(15-5)14-8-9;1-3-5-6-7-12-9-8-11(4-2)10-13-12;1-3-5-10-7-6-9(4-2)8-11-10;1-3-7-4-5-8(10-2)9-6-7;1-2-6-3-4-7(9)8-5-6;1-5(2)6(3,4)9-7-8-5;1-9-6-3-2-5(7)4-8-6;1-9-6-3-2-5(8)4-7-6;1-3-5-4-2;3*1-3-4-2;2*1-2;;;;;;;;;;;;;;/h6-8H,1-5H3;6-10H,3-5H2,1-2H3;6-8H,3-5H2,1-2H3;4-6H,3H2,1-2H3;3-5H,2H2,1H3,(H,8,9);7H,1-4H3;2-4H,1H3;2-4,8H,1H3;1,3H,4-5H2,2H3;3*1,3-4H2,2H3;2*1-2H3;3*1H4;;;;;;5*1H;/b;7-6+;;;;;;;;;;;;;;;;;;;;;;;;;;. The van der Waals surface area contributed by atoms with Crippen LogP contribution in [0.2, 0.25) is 13.3 Å². The van der Waals surface area contributed by atoms with Gasteiger partial charge in [-0.25, -0.2) is 19.9 Å². The first-order valence-corrected chi connectivity index (χ1v) is 48.5. The molecule has 0 radical (unpaired) electrons. The molecule has 2 saturated heterocycles. The number of nitrogens with one attached hydrogen (secondary N) is 1. The zero-order valence-electron chi connectivity index (χ0n) is 76.1. The third-order valence-corrected chi connectivity index (χ3v) is 32.8. The summed E-state index contributed by atoms with van der Waals surface area (Å²) in [7, 11) is 6.40. The molecule has 9 heterocycles. The number of ether oxygens (including phenoxy) is 4. The number of halogens is 6. The van der Waals surface area contributed by atoms with Gasteiger partial charge in [-0.2, -0.15) is 0 Å². The van der Waals surface area contributed by atoms with Gasteiger partial charge in [-0.15, -0.1) is 120 Å². The second kappa shape index (κ2) is 99.0. The van der Waals surface area contributed by atoms with E-state index in [2.05, 4.69) is 160 Å². The fraction of sp³-hybridized carbons (Fsp3) is 0.571. The second-order valence-corrected chi connectivity index (χ2v) is 41.4. The van der Waals surface area contributed by atoms with Crippen molar-refractivity contribution in [1.29, 1.82) is 0 Å². The molecule has 2 N–H and O–H groups in total. The molecule has 0 bridgehead atoms. The van der Waals surface area contributed by atoms with Gasteiger partial charge in [-0.05, 0) is 169 Å². The Morgan fingerprint density at radius 3 is 1.13 bits per heavy atom. The molecule has 9 rings (SSSR count). The zero-order valence-corrected chi connectivity index (χ0v) is 95.8. The van der Waals surface area contributed by atoms with Gasteiger partial charge in [0.25, 0.3) is 0 Å². The predicted octanol–water partition coefficient (Wildman–Crippen LogP) is 27.3. The summed E-state index contributed by atoms with van der Waals surface area (Å²) in [5.41, 5.74) is 7.26. The molecule has 0 unspecified atom stereocenters. The molecule has 0 atom stereocenters. The molecule has 7 aromatic heterocycles. The molecule has 17 nitrogen and oxygen atoms in total. The molecule has 0 saturated carbocycles. The van der Waals surface area contributed by atoms with Gasteiger partial charge in [0.2, 0.25) is 29.1 Å². The molecule has 0 spiro atoms. The van der Waals surface area contributed by atoms with E-state index < -0.39 is 18.4 Å². The van der Waals surface area contributed by atoms with Gasteiger partial charge < -0.3 is 47.7 Å². The maximum atomic E-state index is 10.5. The average molecular weight is 2570 g/mol. The van der Waals surface area contributed by atoms with Crippen molar-refractivity contribution in [1.82, 2.24) is 34.9 Å². The van der Waals surface area contributed by atoms with E-state index in [4.69, 9.17) is 42.7 Å². The van der Waals surface area contributed by atoms with Crippen molar-refractivity contribution in [2.45, 2.75) is 313 Å². The summed E-state index contributed by atoms with van der Waals surface area (Å²) < 4.78 is 50.6. The Balaban J connectivity index is -0.0000000805. The minimum absolute atomic E-state index is 0. The molecular weight excluding hydrogens is 2410 g/mol. The zero-order chi connectivity index (χ0) is 82.6. The van der Waals surface area contributed by atoms with Crippen LogP contribution in [0, 0.1) is 189 Å². The van der Waals surface area contributed by atoms with Crippen LogP contribution in [0.4, 0.5) is 0 Å². The summed E-state index contributed by atoms with van der Waals surface area (Å²) >= 11 is 1.36. The molecule has 31 heteroatoms. The monoisotopic (exact) mass is 2570 g/mol. The summed E-state index contributed by atoms with van der Waals surface area (Å²) in [5, 5.41) is 8.73. The number of unbranched alkanes of at least 4 members (excludes halogenated alkanes) is 5. The summed E-state index contributed by atoms with van der Waals surface area (Å²) in [6, 6.07) is 26.3. The van der Waals surface area contributed by atoms with Gasteiger partial charge in [0.05, 0.1) is 62.7 Å². The number of H-pyrrole nitrogens is 1. The Bertz CT molecular complexity index is 3340. The molecule has 2 aliphatic rings. The Morgan fingerprint density at radius 1 is 0.451 bits per heavy atom. The van der Waals surface area contributed by atoms with E-state index in [0.717, 1.165) is 59.7 Å². The van der Waals surface area contributed by atoms with Crippen LogP contribution in [0.25, 0.3) is 6.08 Å². The summed E-state index contributed by atoms with van der Waals surface area (Å²) in [4.78, 5) is 37.6. The fourth-order valence-corrected chi connectivity index (χ4v) is 24.3. The third-order valence-electron chi connectivity index (χ3n) is 18.1. The van der Waals surface area contributed by atoms with E-state index >= 15 is 0 Å². The molecule has 122 heavy (non-hydrogen) atoms. The maximum Gasteiger partial charge on any atom is 0.496 e. The first kappa shape index (κ1) is 159. The molecule has 0 aromatic carbocycles. The molecule has 2 fully saturated rings. The number of hydrogen-bond acceptors (Lipinski definition) is 16. The van der Waals surface area contributed by atoms with E-state index in [1.807, 2.05) is 139 Å². The van der Waals surface area contributed by atoms with Gasteiger partial charge in [-0.3, -0.25) is 14.8 Å².